The summed E-state index contributed by atoms with van der Waals surface area (Å²) in [5.41, 5.74) is 0.588. The molecule has 4 N–H and O–H groups in total. The number of hydrogen-bond acceptors (Lipinski definition) is 4. The minimum absolute atomic E-state index is 0.304. The van der Waals surface area contributed by atoms with Crippen LogP contribution in [0.15, 0.2) is 35.1 Å². The van der Waals surface area contributed by atoms with Gasteiger partial charge in [-0.2, -0.15) is 5.10 Å². The van der Waals surface area contributed by atoms with Crippen LogP contribution in [0.5, 0.6) is 0 Å². The van der Waals surface area contributed by atoms with Crippen LogP contribution in [0.4, 0.5) is 5.69 Å². The van der Waals surface area contributed by atoms with Crippen LogP contribution in [0.3, 0.4) is 0 Å². The summed E-state index contributed by atoms with van der Waals surface area (Å²) in [5.74, 6) is 0.456. The molecular weight excluding hydrogens is 220 g/mol. The average molecular weight is 234 g/mol. The van der Waals surface area contributed by atoms with E-state index >= 15 is 0 Å². The first-order chi connectivity index (χ1) is 8.24. The van der Waals surface area contributed by atoms with Gasteiger partial charge in [-0.05, 0) is 12.1 Å². The number of aromatic amines is 2. The second-order valence-electron chi connectivity index (χ2n) is 3.73. The van der Waals surface area contributed by atoms with Gasteiger partial charge in [0.15, 0.2) is 0 Å². The Morgan fingerprint density at radius 1 is 1.35 bits per heavy atom. The van der Waals surface area contributed by atoms with Crippen molar-refractivity contribution in [1.82, 2.24) is 15.2 Å². The van der Waals surface area contributed by atoms with E-state index in [-0.39, 0.29) is 5.69 Å². The highest BCUT2D eigenvalue weighted by Crippen LogP contribution is 2.05. The Balaban J connectivity index is 1.82. The third-order valence-corrected chi connectivity index (χ3v) is 2.29. The molecule has 0 aliphatic carbocycles. The van der Waals surface area contributed by atoms with Gasteiger partial charge < -0.3 is 10.4 Å². The van der Waals surface area contributed by atoms with Crippen LogP contribution in [-0.4, -0.2) is 32.9 Å². The monoisotopic (exact) mass is 234 g/mol. The number of anilines is 1. The van der Waals surface area contributed by atoms with Gasteiger partial charge in [0.2, 0.25) is 0 Å². The summed E-state index contributed by atoms with van der Waals surface area (Å²) >= 11 is 0. The van der Waals surface area contributed by atoms with Crippen molar-refractivity contribution in [2.45, 2.75) is 12.5 Å². The van der Waals surface area contributed by atoms with Crippen molar-refractivity contribution in [2.24, 2.45) is 0 Å². The zero-order chi connectivity index (χ0) is 12.1. The van der Waals surface area contributed by atoms with E-state index < -0.39 is 6.10 Å². The molecule has 0 aliphatic rings. The lowest BCUT2D eigenvalue weighted by molar-refractivity contribution is 0.185. The number of aromatic nitrogens is 3. The zero-order valence-corrected chi connectivity index (χ0v) is 9.18. The molecule has 0 saturated carbocycles. The molecule has 1 heterocycles. The minimum atomic E-state index is -0.603. The standard InChI is InChI=1S/C11H14N4O2/c16-9(6-10-13-11(17)15-14-10)7-12-8-4-2-1-3-5-8/h1-5,9,12,16H,6-7H2,(H2,13,14,15,17). The minimum Gasteiger partial charge on any atom is -0.391 e. The fourth-order valence-electron chi connectivity index (χ4n) is 1.49. The average Bonchev–Trinajstić information content (AvgIpc) is 2.73. The van der Waals surface area contributed by atoms with Crippen molar-refractivity contribution < 1.29 is 5.11 Å². The van der Waals surface area contributed by atoms with Gasteiger partial charge in [0.25, 0.3) is 0 Å². The van der Waals surface area contributed by atoms with Gasteiger partial charge >= 0.3 is 5.69 Å². The molecule has 0 saturated heterocycles. The van der Waals surface area contributed by atoms with Crippen molar-refractivity contribution in [3.8, 4) is 0 Å². The molecule has 2 rings (SSSR count). The number of aliphatic hydroxyl groups excluding tert-OH is 1. The Morgan fingerprint density at radius 2 is 2.12 bits per heavy atom. The maximum absolute atomic E-state index is 10.8. The predicted molar refractivity (Wildman–Crippen MR) is 63.9 cm³/mol. The SMILES string of the molecule is O=c1[nH]nc(CC(O)CNc2ccccc2)[nH]1. The van der Waals surface area contributed by atoms with Crippen LogP contribution >= 0.6 is 0 Å². The second-order valence-corrected chi connectivity index (χ2v) is 3.73. The Bertz CT molecular complexity index is 505. The highest BCUT2D eigenvalue weighted by atomic mass is 16.3. The molecule has 1 unspecified atom stereocenters. The van der Waals surface area contributed by atoms with Crippen LogP contribution in [0, 0.1) is 0 Å². The molecule has 1 atom stereocenters. The van der Waals surface area contributed by atoms with E-state index in [1.54, 1.807) is 0 Å². The van der Waals surface area contributed by atoms with Gasteiger partial charge in [-0.1, -0.05) is 18.2 Å². The Hall–Kier alpha value is -2.08. The Morgan fingerprint density at radius 3 is 2.76 bits per heavy atom. The number of hydrogen-bond donors (Lipinski definition) is 4. The van der Waals surface area contributed by atoms with E-state index in [9.17, 15) is 9.90 Å². The summed E-state index contributed by atoms with van der Waals surface area (Å²) in [4.78, 5) is 13.3. The first kappa shape index (κ1) is 11.4. The normalized spacial score (nSPS) is 12.3. The van der Waals surface area contributed by atoms with Crippen LogP contribution in [0.1, 0.15) is 5.82 Å². The maximum atomic E-state index is 10.8. The van der Waals surface area contributed by atoms with Crippen LogP contribution in [-0.2, 0) is 6.42 Å². The number of aliphatic hydroxyl groups is 1. The fraction of sp³-hybridized carbons (Fsp3) is 0.273. The molecule has 1 aromatic heterocycles. The molecule has 6 heteroatoms. The molecule has 0 radical (unpaired) electrons. The van der Waals surface area contributed by atoms with Crippen molar-refractivity contribution in [3.63, 3.8) is 0 Å². The summed E-state index contributed by atoms with van der Waals surface area (Å²) in [7, 11) is 0. The lowest BCUT2D eigenvalue weighted by Crippen LogP contribution is -2.22. The number of para-hydroxylation sites is 1. The van der Waals surface area contributed by atoms with Gasteiger partial charge in [-0.25, -0.2) is 9.89 Å². The van der Waals surface area contributed by atoms with E-state index in [4.69, 9.17) is 0 Å². The van der Waals surface area contributed by atoms with E-state index in [1.807, 2.05) is 30.3 Å². The zero-order valence-electron chi connectivity index (χ0n) is 9.18. The summed E-state index contributed by atoms with van der Waals surface area (Å²) < 4.78 is 0. The van der Waals surface area contributed by atoms with E-state index in [0.29, 0.717) is 18.8 Å². The molecule has 1 aromatic carbocycles. The van der Waals surface area contributed by atoms with E-state index in [0.717, 1.165) is 5.69 Å². The molecule has 2 aromatic rings. The van der Waals surface area contributed by atoms with Crippen LogP contribution < -0.4 is 11.0 Å². The number of nitrogens with one attached hydrogen (secondary N) is 3. The lowest BCUT2D eigenvalue weighted by atomic mass is 10.2. The molecule has 0 bridgehead atoms. The first-order valence-corrected chi connectivity index (χ1v) is 5.34. The first-order valence-electron chi connectivity index (χ1n) is 5.34. The van der Waals surface area contributed by atoms with Gasteiger partial charge in [0.1, 0.15) is 5.82 Å². The van der Waals surface area contributed by atoms with Gasteiger partial charge in [0, 0.05) is 18.7 Å². The van der Waals surface area contributed by atoms with Gasteiger partial charge in [-0.15, -0.1) is 0 Å². The number of benzene rings is 1. The third kappa shape index (κ3) is 3.46. The summed E-state index contributed by atoms with van der Waals surface area (Å²) in [6.07, 6.45) is -0.298. The Labute approximate surface area is 97.7 Å². The highest BCUT2D eigenvalue weighted by Gasteiger charge is 2.08. The van der Waals surface area contributed by atoms with Crippen molar-refractivity contribution >= 4 is 5.69 Å². The molecule has 0 aliphatic heterocycles. The maximum Gasteiger partial charge on any atom is 0.340 e. The topological polar surface area (TPSA) is 93.8 Å². The van der Waals surface area contributed by atoms with Gasteiger partial charge in [-0.3, -0.25) is 4.98 Å². The molecule has 0 spiro atoms. The number of H-pyrrole nitrogens is 2. The fourth-order valence-corrected chi connectivity index (χ4v) is 1.49. The van der Waals surface area contributed by atoms with Crippen LogP contribution in [0.2, 0.25) is 0 Å². The summed E-state index contributed by atoms with van der Waals surface area (Å²) in [6.45, 7) is 0.402. The summed E-state index contributed by atoms with van der Waals surface area (Å²) in [5, 5.41) is 18.8. The quantitative estimate of drug-likeness (QED) is 0.591. The van der Waals surface area contributed by atoms with Crippen molar-refractivity contribution in [2.75, 3.05) is 11.9 Å². The number of rotatable bonds is 5. The molecular formula is C11H14N4O2. The van der Waals surface area contributed by atoms with Crippen molar-refractivity contribution in [3.05, 3.63) is 46.6 Å². The summed E-state index contributed by atoms with van der Waals surface area (Å²) in [6, 6.07) is 9.60. The predicted octanol–water partition coefficient (Wildman–Crippen LogP) is 0.113. The van der Waals surface area contributed by atoms with Crippen LogP contribution in [0.25, 0.3) is 0 Å². The van der Waals surface area contributed by atoms with Crippen molar-refractivity contribution in [1.29, 1.82) is 0 Å². The third-order valence-electron chi connectivity index (χ3n) is 2.29. The molecule has 0 fully saturated rings. The van der Waals surface area contributed by atoms with Gasteiger partial charge in [0.05, 0.1) is 6.10 Å². The van der Waals surface area contributed by atoms with E-state index in [1.165, 1.54) is 0 Å². The largest absolute Gasteiger partial charge is 0.391 e. The number of nitrogens with zero attached hydrogens (tertiary/aromatic N) is 1. The highest BCUT2D eigenvalue weighted by molar-refractivity contribution is 5.42. The Kier molecular flexibility index (Phi) is 3.56. The molecule has 90 valence electrons. The molecule has 0 amide bonds. The second kappa shape index (κ2) is 5.31. The molecule has 17 heavy (non-hydrogen) atoms. The lowest BCUT2D eigenvalue weighted by Gasteiger charge is -2.11. The molecule has 6 nitrogen and oxygen atoms in total. The smallest absolute Gasteiger partial charge is 0.340 e. The van der Waals surface area contributed by atoms with E-state index in [2.05, 4.69) is 20.5 Å².